The highest BCUT2D eigenvalue weighted by atomic mass is 19.1. The van der Waals surface area contributed by atoms with E-state index in [1.165, 1.54) is 18.0 Å². The lowest BCUT2D eigenvalue weighted by atomic mass is 10.1. The third-order valence-electron chi connectivity index (χ3n) is 4.76. The van der Waals surface area contributed by atoms with Crippen molar-refractivity contribution < 1.29 is 13.9 Å². The number of benzene rings is 2. The molecule has 0 aliphatic rings. The predicted octanol–water partition coefficient (Wildman–Crippen LogP) is 3.78. The first-order valence-electron chi connectivity index (χ1n) is 9.97. The lowest BCUT2D eigenvalue weighted by molar-refractivity contribution is 0.0916. The molecule has 0 radical (unpaired) electrons. The van der Waals surface area contributed by atoms with Crippen LogP contribution in [0, 0.1) is 5.82 Å². The van der Waals surface area contributed by atoms with Gasteiger partial charge in [-0.15, -0.1) is 5.10 Å². The number of halogens is 1. The number of anilines is 2. The number of hydrogen-bond acceptors (Lipinski definition) is 6. The monoisotopic (exact) mass is 437 g/mol. The molecule has 166 valence electrons. The van der Waals surface area contributed by atoms with E-state index in [1.54, 1.807) is 37.4 Å². The second-order valence-electron chi connectivity index (χ2n) is 8.39. The molecule has 0 fully saturated rings. The summed E-state index contributed by atoms with van der Waals surface area (Å²) in [6.45, 7) is 5.72. The molecule has 10 heteroatoms. The molecule has 0 aliphatic carbocycles. The Morgan fingerprint density at radius 2 is 2.00 bits per heavy atom. The normalized spacial score (nSPS) is 11.6. The Morgan fingerprint density at radius 3 is 2.72 bits per heavy atom. The van der Waals surface area contributed by atoms with Gasteiger partial charge in [-0.1, -0.05) is 6.07 Å². The maximum absolute atomic E-state index is 14.8. The summed E-state index contributed by atoms with van der Waals surface area (Å²) in [5.74, 6) is 0.498. The Kier molecular flexibility index (Phi) is 5.29. The van der Waals surface area contributed by atoms with Crippen LogP contribution in [0.25, 0.3) is 22.3 Å². The number of carbonyl (C=O) groups excluding carboxylic acids is 1. The summed E-state index contributed by atoms with van der Waals surface area (Å²) in [6, 6.07) is 8.46. The summed E-state index contributed by atoms with van der Waals surface area (Å²) in [5.41, 5.74) is 1.56. The molecule has 0 aliphatic heterocycles. The molecule has 0 saturated carbocycles. The van der Waals surface area contributed by atoms with Gasteiger partial charge >= 0.3 is 0 Å². The van der Waals surface area contributed by atoms with E-state index in [4.69, 9.17) is 4.74 Å². The molecule has 2 heterocycles. The van der Waals surface area contributed by atoms with Gasteiger partial charge < -0.3 is 15.4 Å². The molecule has 0 saturated heterocycles. The average molecular weight is 437 g/mol. The van der Waals surface area contributed by atoms with E-state index in [0.29, 0.717) is 39.6 Å². The number of hydrogen-bond donors (Lipinski definition) is 3. The minimum absolute atomic E-state index is 0.234. The zero-order valence-corrected chi connectivity index (χ0v) is 18.4. The molecular formula is C22H24FN7O2. The molecule has 0 atom stereocenters. The Bertz CT molecular complexity index is 1300. The highest BCUT2D eigenvalue weighted by Gasteiger charge is 2.20. The SMILES string of the molecule is COc1cc(-c2nc(Nc3ccc4[nH]ncc4c3F)n(C)n2)ccc1C(=O)NC(C)(C)C. The van der Waals surface area contributed by atoms with Crippen molar-refractivity contribution in [1.82, 2.24) is 30.3 Å². The second-order valence-corrected chi connectivity index (χ2v) is 8.39. The largest absolute Gasteiger partial charge is 0.496 e. The molecule has 0 bridgehead atoms. The molecule has 4 rings (SSSR count). The number of carbonyl (C=O) groups is 1. The Balaban J connectivity index is 1.63. The van der Waals surface area contributed by atoms with Gasteiger partial charge in [0.15, 0.2) is 11.6 Å². The molecule has 32 heavy (non-hydrogen) atoms. The zero-order valence-electron chi connectivity index (χ0n) is 18.4. The van der Waals surface area contributed by atoms with Crippen molar-refractivity contribution in [3.05, 3.63) is 47.9 Å². The topological polar surface area (TPSA) is 110 Å². The Labute approximate surface area is 184 Å². The summed E-state index contributed by atoms with van der Waals surface area (Å²) in [6.07, 6.45) is 1.43. The van der Waals surface area contributed by atoms with Crippen molar-refractivity contribution in [2.75, 3.05) is 12.4 Å². The van der Waals surface area contributed by atoms with Gasteiger partial charge in [-0.2, -0.15) is 10.1 Å². The van der Waals surface area contributed by atoms with Gasteiger partial charge in [0.2, 0.25) is 5.95 Å². The number of methoxy groups -OCH3 is 1. The number of amides is 1. The number of nitrogens with one attached hydrogen (secondary N) is 3. The van der Waals surface area contributed by atoms with E-state index < -0.39 is 5.82 Å². The number of aromatic amines is 1. The van der Waals surface area contributed by atoms with Gasteiger partial charge in [0, 0.05) is 18.2 Å². The van der Waals surface area contributed by atoms with E-state index in [-0.39, 0.29) is 17.1 Å². The van der Waals surface area contributed by atoms with Crippen LogP contribution in [-0.4, -0.2) is 43.5 Å². The molecule has 2 aromatic heterocycles. The first-order chi connectivity index (χ1) is 15.2. The quantitative estimate of drug-likeness (QED) is 0.438. The van der Waals surface area contributed by atoms with Crippen LogP contribution in [0.2, 0.25) is 0 Å². The minimum atomic E-state index is -0.434. The van der Waals surface area contributed by atoms with Crippen LogP contribution in [0.15, 0.2) is 36.5 Å². The van der Waals surface area contributed by atoms with Crippen LogP contribution in [-0.2, 0) is 7.05 Å². The number of rotatable bonds is 5. The van der Waals surface area contributed by atoms with Crippen molar-refractivity contribution in [1.29, 1.82) is 0 Å². The summed E-state index contributed by atoms with van der Waals surface area (Å²) in [4.78, 5) is 17.1. The third-order valence-corrected chi connectivity index (χ3v) is 4.76. The number of ether oxygens (including phenoxy) is 1. The molecule has 2 aromatic carbocycles. The van der Waals surface area contributed by atoms with E-state index in [1.807, 2.05) is 20.8 Å². The molecule has 3 N–H and O–H groups in total. The number of fused-ring (bicyclic) bond motifs is 1. The predicted molar refractivity (Wildman–Crippen MR) is 120 cm³/mol. The average Bonchev–Trinajstić information content (AvgIpc) is 3.35. The molecule has 0 unspecified atom stereocenters. The van der Waals surface area contributed by atoms with Crippen LogP contribution in [0.4, 0.5) is 16.0 Å². The fraction of sp³-hybridized carbons (Fsp3) is 0.273. The lowest BCUT2D eigenvalue weighted by Gasteiger charge is -2.21. The van der Waals surface area contributed by atoms with Crippen molar-refractivity contribution in [3.8, 4) is 17.1 Å². The highest BCUT2D eigenvalue weighted by molar-refractivity contribution is 5.98. The van der Waals surface area contributed by atoms with Crippen molar-refractivity contribution in [2.24, 2.45) is 7.05 Å². The second kappa shape index (κ2) is 7.95. The van der Waals surface area contributed by atoms with E-state index >= 15 is 0 Å². The van der Waals surface area contributed by atoms with Gasteiger partial charge in [-0.25, -0.2) is 9.07 Å². The van der Waals surface area contributed by atoms with Gasteiger partial charge in [0.05, 0.1) is 35.5 Å². The minimum Gasteiger partial charge on any atom is -0.496 e. The van der Waals surface area contributed by atoms with Crippen LogP contribution in [0.5, 0.6) is 5.75 Å². The maximum atomic E-state index is 14.8. The third kappa shape index (κ3) is 4.11. The standard InChI is InChI=1S/C22H24FN7O2/c1-22(2,3)27-20(31)13-7-6-12(10-17(13)32-5)19-26-21(30(4)29-19)25-16-9-8-15-14(18(16)23)11-24-28-15/h6-11H,1-5H3,(H,24,28)(H,27,31)(H,25,26,29). The Hall–Kier alpha value is -3.95. The molecule has 1 amide bonds. The van der Waals surface area contributed by atoms with Gasteiger partial charge in [0.25, 0.3) is 5.91 Å². The highest BCUT2D eigenvalue weighted by Crippen LogP contribution is 2.29. The summed E-state index contributed by atoms with van der Waals surface area (Å²) < 4.78 is 21.7. The lowest BCUT2D eigenvalue weighted by Crippen LogP contribution is -2.40. The van der Waals surface area contributed by atoms with E-state index in [2.05, 4.69) is 30.9 Å². The first kappa shape index (κ1) is 21.3. The van der Waals surface area contributed by atoms with Crippen molar-refractivity contribution in [3.63, 3.8) is 0 Å². The first-order valence-corrected chi connectivity index (χ1v) is 9.97. The fourth-order valence-electron chi connectivity index (χ4n) is 3.24. The van der Waals surface area contributed by atoms with Gasteiger partial charge in [-0.05, 0) is 45.0 Å². The van der Waals surface area contributed by atoms with Crippen molar-refractivity contribution >= 4 is 28.4 Å². The molecule has 9 nitrogen and oxygen atoms in total. The van der Waals surface area contributed by atoms with Crippen LogP contribution >= 0.6 is 0 Å². The van der Waals surface area contributed by atoms with Crippen LogP contribution in [0.1, 0.15) is 31.1 Å². The van der Waals surface area contributed by atoms with Crippen molar-refractivity contribution in [2.45, 2.75) is 26.3 Å². The Morgan fingerprint density at radius 1 is 1.22 bits per heavy atom. The number of H-pyrrole nitrogens is 1. The molecular weight excluding hydrogens is 413 g/mol. The van der Waals surface area contributed by atoms with Crippen LogP contribution < -0.4 is 15.4 Å². The summed E-state index contributed by atoms with van der Waals surface area (Å²) in [5, 5.41) is 17.3. The van der Waals surface area contributed by atoms with Crippen LogP contribution in [0.3, 0.4) is 0 Å². The van der Waals surface area contributed by atoms with Gasteiger partial charge in [0.1, 0.15) is 5.75 Å². The zero-order chi connectivity index (χ0) is 23.0. The number of nitrogens with zero attached hydrogens (tertiary/aromatic N) is 4. The fourth-order valence-corrected chi connectivity index (χ4v) is 3.24. The molecule has 4 aromatic rings. The van der Waals surface area contributed by atoms with E-state index in [9.17, 15) is 9.18 Å². The summed E-state index contributed by atoms with van der Waals surface area (Å²) in [7, 11) is 3.20. The summed E-state index contributed by atoms with van der Waals surface area (Å²) >= 11 is 0. The van der Waals surface area contributed by atoms with E-state index in [0.717, 1.165) is 0 Å². The van der Waals surface area contributed by atoms with Gasteiger partial charge in [-0.3, -0.25) is 9.89 Å². The smallest absolute Gasteiger partial charge is 0.255 e. The maximum Gasteiger partial charge on any atom is 0.255 e. The number of aromatic nitrogens is 5. The molecule has 0 spiro atoms. The number of aryl methyl sites for hydroxylation is 1.